The molecule has 4 nitrogen and oxygen atoms in total. The summed E-state index contributed by atoms with van der Waals surface area (Å²) < 4.78 is 0. The molecule has 0 aliphatic carbocycles. The van der Waals surface area contributed by atoms with Crippen molar-refractivity contribution in [1.29, 1.82) is 0 Å². The van der Waals surface area contributed by atoms with Crippen LogP contribution in [0.1, 0.15) is 10.4 Å². The Morgan fingerprint density at radius 1 is 1.54 bits per heavy atom. The first-order valence-corrected chi connectivity index (χ1v) is 3.70. The predicted octanol–water partition coefficient (Wildman–Crippen LogP) is 1.41. The summed E-state index contributed by atoms with van der Waals surface area (Å²) >= 11 is 5.61. The molecule has 0 heterocycles. The van der Waals surface area contributed by atoms with Crippen LogP contribution < -0.4 is 5.73 Å². The van der Waals surface area contributed by atoms with Gasteiger partial charge >= 0.3 is 0 Å². The summed E-state index contributed by atoms with van der Waals surface area (Å²) in [7, 11) is 0. The zero-order valence-corrected chi connectivity index (χ0v) is 7.21. The maximum atomic E-state index is 10.8. The van der Waals surface area contributed by atoms with Gasteiger partial charge in [-0.05, 0) is 18.2 Å². The number of nitrogens with zero attached hydrogens (tertiary/aromatic N) is 1. The molecule has 1 rings (SSSR count). The van der Waals surface area contributed by atoms with E-state index in [4.69, 9.17) is 17.3 Å². The van der Waals surface area contributed by atoms with E-state index in [0.29, 0.717) is 5.02 Å². The summed E-state index contributed by atoms with van der Waals surface area (Å²) in [6.45, 7) is 0. The van der Waals surface area contributed by atoms with Crippen LogP contribution >= 0.6 is 11.6 Å². The van der Waals surface area contributed by atoms with Crippen LogP contribution in [-0.2, 0) is 4.79 Å². The zero-order chi connectivity index (χ0) is 9.84. The summed E-state index contributed by atoms with van der Waals surface area (Å²) in [4.78, 5) is 24.1. The molecule has 0 radical (unpaired) electrons. The number of halogens is 1. The van der Waals surface area contributed by atoms with E-state index in [2.05, 4.69) is 4.99 Å². The third-order valence-corrected chi connectivity index (χ3v) is 1.63. The Labute approximate surface area is 79.0 Å². The SMILES string of the molecule is NC(=O)c1cc(Cl)ccc1N=C=O. The van der Waals surface area contributed by atoms with E-state index in [1.807, 2.05) is 0 Å². The lowest BCUT2D eigenvalue weighted by Crippen LogP contribution is -2.10. The Morgan fingerprint density at radius 2 is 2.23 bits per heavy atom. The standard InChI is InChI=1S/C8H5ClN2O2/c9-5-1-2-7(11-4-12)6(3-5)8(10)13/h1-3H,(H2,10,13). The van der Waals surface area contributed by atoms with Crippen molar-refractivity contribution >= 4 is 29.3 Å². The van der Waals surface area contributed by atoms with E-state index in [-0.39, 0.29) is 11.3 Å². The summed E-state index contributed by atoms with van der Waals surface area (Å²) in [6, 6.07) is 4.28. The number of amides is 1. The highest BCUT2D eigenvalue weighted by Crippen LogP contribution is 2.22. The molecule has 0 aliphatic heterocycles. The molecule has 1 aromatic rings. The number of hydrogen-bond donors (Lipinski definition) is 1. The van der Waals surface area contributed by atoms with Crippen LogP contribution in [0.4, 0.5) is 5.69 Å². The quantitative estimate of drug-likeness (QED) is 0.574. The molecule has 0 bridgehead atoms. The van der Waals surface area contributed by atoms with Crippen LogP contribution in [0.3, 0.4) is 0 Å². The van der Waals surface area contributed by atoms with E-state index in [1.165, 1.54) is 24.3 Å². The first-order valence-electron chi connectivity index (χ1n) is 3.32. The topological polar surface area (TPSA) is 72.5 Å². The number of carbonyl (C=O) groups is 1. The zero-order valence-electron chi connectivity index (χ0n) is 6.45. The molecule has 1 aromatic carbocycles. The number of rotatable bonds is 2. The second-order valence-corrected chi connectivity index (χ2v) is 2.67. The Kier molecular flexibility index (Phi) is 2.80. The van der Waals surface area contributed by atoms with Crippen molar-refractivity contribution in [2.75, 3.05) is 0 Å². The smallest absolute Gasteiger partial charge is 0.250 e. The van der Waals surface area contributed by atoms with Crippen molar-refractivity contribution < 1.29 is 9.59 Å². The van der Waals surface area contributed by atoms with Gasteiger partial charge in [0.05, 0.1) is 11.3 Å². The van der Waals surface area contributed by atoms with Crippen molar-refractivity contribution in [2.24, 2.45) is 10.7 Å². The molecule has 13 heavy (non-hydrogen) atoms. The average Bonchev–Trinajstić information content (AvgIpc) is 2.08. The fourth-order valence-electron chi connectivity index (χ4n) is 0.852. The summed E-state index contributed by atoms with van der Waals surface area (Å²) in [6.07, 6.45) is 1.32. The normalized spacial score (nSPS) is 9.00. The number of nitrogens with two attached hydrogens (primary N) is 1. The van der Waals surface area contributed by atoms with Crippen LogP contribution in [0, 0.1) is 0 Å². The van der Waals surface area contributed by atoms with Gasteiger partial charge in [0.15, 0.2) is 0 Å². The predicted molar refractivity (Wildman–Crippen MR) is 47.8 cm³/mol. The van der Waals surface area contributed by atoms with Gasteiger partial charge in [-0.1, -0.05) is 11.6 Å². The molecule has 0 aliphatic rings. The maximum absolute atomic E-state index is 10.8. The molecule has 5 heteroatoms. The minimum atomic E-state index is -0.684. The van der Waals surface area contributed by atoms with Crippen LogP contribution in [0.5, 0.6) is 0 Å². The average molecular weight is 197 g/mol. The number of benzene rings is 1. The molecule has 66 valence electrons. The van der Waals surface area contributed by atoms with Crippen molar-refractivity contribution in [3.8, 4) is 0 Å². The van der Waals surface area contributed by atoms with Crippen LogP contribution in [0.15, 0.2) is 23.2 Å². The highest BCUT2D eigenvalue weighted by atomic mass is 35.5. The first-order chi connectivity index (χ1) is 6.15. The minimum Gasteiger partial charge on any atom is -0.366 e. The summed E-state index contributed by atoms with van der Waals surface area (Å²) in [5, 5.41) is 0.360. The highest BCUT2D eigenvalue weighted by molar-refractivity contribution is 6.31. The molecular weight excluding hydrogens is 192 g/mol. The molecule has 0 saturated heterocycles. The fraction of sp³-hybridized carbons (Fsp3) is 0. The fourth-order valence-corrected chi connectivity index (χ4v) is 1.02. The Balaban J connectivity index is 3.34. The van der Waals surface area contributed by atoms with Crippen molar-refractivity contribution in [3.63, 3.8) is 0 Å². The summed E-state index contributed by atoms with van der Waals surface area (Å²) in [5.74, 6) is -0.684. The molecule has 0 atom stereocenters. The van der Waals surface area contributed by atoms with Gasteiger partial charge < -0.3 is 5.73 Å². The third kappa shape index (κ3) is 2.15. The number of hydrogen-bond acceptors (Lipinski definition) is 3. The molecule has 0 saturated carbocycles. The van der Waals surface area contributed by atoms with E-state index < -0.39 is 5.91 Å². The van der Waals surface area contributed by atoms with Gasteiger partial charge in [0, 0.05) is 5.02 Å². The third-order valence-electron chi connectivity index (χ3n) is 1.39. The van der Waals surface area contributed by atoms with Crippen molar-refractivity contribution in [3.05, 3.63) is 28.8 Å². The molecule has 1 amide bonds. The Bertz CT molecular complexity index is 397. The maximum Gasteiger partial charge on any atom is 0.250 e. The van der Waals surface area contributed by atoms with Gasteiger partial charge in [-0.15, -0.1) is 0 Å². The molecule has 0 aromatic heterocycles. The monoisotopic (exact) mass is 196 g/mol. The van der Waals surface area contributed by atoms with Crippen molar-refractivity contribution in [2.45, 2.75) is 0 Å². The number of isocyanates is 1. The summed E-state index contributed by atoms with van der Waals surface area (Å²) in [5.41, 5.74) is 5.31. The van der Waals surface area contributed by atoms with Crippen LogP contribution in [0.2, 0.25) is 5.02 Å². The number of carbonyl (C=O) groups excluding carboxylic acids is 2. The molecule has 0 fully saturated rings. The number of aliphatic imine (C=N–C) groups is 1. The lowest BCUT2D eigenvalue weighted by molar-refractivity contribution is 0.100. The van der Waals surface area contributed by atoms with E-state index in [1.54, 1.807) is 0 Å². The highest BCUT2D eigenvalue weighted by Gasteiger charge is 2.07. The van der Waals surface area contributed by atoms with Gasteiger partial charge in [0.2, 0.25) is 6.08 Å². The molecule has 0 spiro atoms. The lowest BCUT2D eigenvalue weighted by Gasteiger charge is -1.99. The van der Waals surface area contributed by atoms with E-state index in [9.17, 15) is 9.59 Å². The van der Waals surface area contributed by atoms with Crippen molar-refractivity contribution in [1.82, 2.24) is 0 Å². The van der Waals surface area contributed by atoms with Crippen LogP contribution in [-0.4, -0.2) is 12.0 Å². The van der Waals surface area contributed by atoms with Gasteiger partial charge in [0.25, 0.3) is 5.91 Å². The van der Waals surface area contributed by atoms with Gasteiger partial charge in [0.1, 0.15) is 0 Å². The lowest BCUT2D eigenvalue weighted by atomic mass is 10.2. The Hall–Kier alpha value is -1.64. The second-order valence-electron chi connectivity index (χ2n) is 2.23. The molecular formula is C8H5ClN2O2. The second kappa shape index (κ2) is 3.85. The molecule has 0 unspecified atom stereocenters. The van der Waals surface area contributed by atoms with Crippen LogP contribution in [0.25, 0.3) is 0 Å². The largest absolute Gasteiger partial charge is 0.366 e. The van der Waals surface area contributed by atoms with Gasteiger partial charge in [-0.2, -0.15) is 4.99 Å². The minimum absolute atomic E-state index is 0.107. The van der Waals surface area contributed by atoms with E-state index >= 15 is 0 Å². The number of primary amides is 1. The van der Waals surface area contributed by atoms with E-state index in [0.717, 1.165) is 0 Å². The van der Waals surface area contributed by atoms with Gasteiger partial charge in [-0.3, -0.25) is 4.79 Å². The van der Waals surface area contributed by atoms with Gasteiger partial charge in [-0.25, -0.2) is 4.79 Å². The molecule has 2 N–H and O–H groups in total. The Morgan fingerprint density at radius 3 is 2.77 bits per heavy atom. The first kappa shape index (κ1) is 9.45.